The predicted molar refractivity (Wildman–Crippen MR) is 104 cm³/mol. The van der Waals surface area contributed by atoms with E-state index in [-0.39, 0.29) is 23.7 Å². The zero-order valence-corrected chi connectivity index (χ0v) is 16.2. The number of hydrogen-bond donors (Lipinski definition) is 2. The Kier molecular flexibility index (Phi) is 5.18. The average molecular weight is 363 g/mol. The molecular formula is C21H31ClN2O. The smallest absolute Gasteiger partial charge is 0.230 e. The van der Waals surface area contributed by atoms with Gasteiger partial charge in [0.1, 0.15) is 0 Å². The molecule has 3 N–H and O–H groups in total. The van der Waals surface area contributed by atoms with Crippen LogP contribution in [-0.2, 0) is 10.2 Å². The van der Waals surface area contributed by atoms with Crippen LogP contribution in [0.2, 0.25) is 0 Å². The van der Waals surface area contributed by atoms with Crippen molar-refractivity contribution in [3.05, 3.63) is 34.9 Å². The largest absolute Gasteiger partial charge is 0.352 e. The van der Waals surface area contributed by atoms with Gasteiger partial charge in [-0.25, -0.2) is 0 Å². The number of benzene rings is 1. The van der Waals surface area contributed by atoms with E-state index in [0.29, 0.717) is 23.9 Å². The van der Waals surface area contributed by atoms with Crippen molar-refractivity contribution < 1.29 is 4.79 Å². The molecule has 2 atom stereocenters. The van der Waals surface area contributed by atoms with Crippen molar-refractivity contribution in [2.45, 2.75) is 76.3 Å². The monoisotopic (exact) mass is 362 g/mol. The summed E-state index contributed by atoms with van der Waals surface area (Å²) in [6, 6.07) is 7.29. The number of fused-ring (bicyclic) bond motifs is 2. The van der Waals surface area contributed by atoms with Crippen molar-refractivity contribution in [1.82, 2.24) is 5.32 Å². The summed E-state index contributed by atoms with van der Waals surface area (Å²) in [6.45, 7) is 4.24. The summed E-state index contributed by atoms with van der Waals surface area (Å²) in [5.41, 5.74) is 9.69. The van der Waals surface area contributed by atoms with Crippen LogP contribution in [0.25, 0.3) is 0 Å². The third kappa shape index (κ3) is 3.46. The minimum atomic E-state index is -0.259. The normalized spacial score (nSPS) is 32.4. The molecule has 0 heterocycles. The first-order valence-corrected chi connectivity index (χ1v) is 9.63. The molecule has 3 nitrogen and oxygen atoms in total. The molecular weight excluding hydrogens is 332 g/mol. The zero-order chi connectivity index (χ0) is 16.9. The fourth-order valence-corrected chi connectivity index (χ4v) is 5.34. The second kappa shape index (κ2) is 6.92. The van der Waals surface area contributed by atoms with E-state index < -0.39 is 0 Å². The molecule has 0 spiro atoms. The van der Waals surface area contributed by atoms with E-state index in [1.807, 2.05) is 0 Å². The van der Waals surface area contributed by atoms with E-state index >= 15 is 0 Å². The van der Waals surface area contributed by atoms with Gasteiger partial charge in [-0.05, 0) is 69.8 Å². The minimum absolute atomic E-state index is 0. The molecule has 1 aromatic rings. The zero-order valence-electron chi connectivity index (χ0n) is 15.4. The summed E-state index contributed by atoms with van der Waals surface area (Å²) in [7, 11) is 0. The number of amides is 1. The van der Waals surface area contributed by atoms with Crippen LogP contribution >= 0.6 is 12.4 Å². The van der Waals surface area contributed by atoms with Crippen LogP contribution in [0.3, 0.4) is 0 Å². The number of nitrogens with two attached hydrogens (primary N) is 1. The van der Waals surface area contributed by atoms with Crippen molar-refractivity contribution in [1.29, 1.82) is 0 Å². The first-order valence-electron chi connectivity index (χ1n) is 9.63. The van der Waals surface area contributed by atoms with Crippen molar-refractivity contribution >= 4 is 18.3 Å². The lowest BCUT2D eigenvalue weighted by atomic mass is 9.67. The maximum atomic E-state index is 13.2. The summed E-state index contributed by atoms with van der Waals surface area (Å²) < 4.78 is 0. The Morgan fingerprint density at radius 2 is 1.64 bits per heavy atom. The molecule has 1 aromatic carbocycles. The highest BCUT2D eigenvalue weighted by molar-refractivity contribution is 5.91. The van der Waals surface area contributed by atoms with Gasteiger partial charge in [0, 0.05) is 12.1 Å². The second-order valence-corrected chi connectivity index (χ2v) is 8.64. The standard InChI is InChI=1S/C21H30N2O.ClH/c1-13-8-14(2)10-17(9-13)21(6-7-21)20(24)23-19-15-4-3-5-16(19)12-18(22)11-15;/h8-10,15-16,18-19H,3-7,11-12,22H2,1-2H3,(H,23,24);1H. The van der Waals surface area contributed by atoms with Gasteiger partial charge in [0.15, 0.2) is 0 Å². The van der Waals surface area contributed by atoms with E-state index in [0.717, 1.165) is 25.7 Å². The molecule has 0 aliphatic heterocycles. The Morgan fingerprint density at radius 3 is 2.16 bits per heavy atom. The van der Waals surface area contributed by atoms with Gasteiger partial charge in [-0.3, -0.25) is 4.79 Å². The number of aryl methyl sites for hydroxylation is 2. The van der Waals surface area contributed by atoms with Gasteiger partial charge in [-0.15, -0.1) is 12.4 Å². The number of carbonyl (C=O) groups is 1. The molecule has 25 heavy (non-hydrogen) atoms. The van der Waals surface area contributed by atoms with Crippen LogP contribution in [0.4, 0.5) is 0 Å². The Balaban J connectivity index is 0.00000182. The van der Waals surface area contributed by atoms with E-state index in [4.69, 9.17) is 5.73 Å². The van der Waals surface area contributed by atoms with Crippen LogP contribution in [0.5, 0.6) is 0 Å². The highest BCUT2D eigenvalue weighted by Gasteiger charge is 2.53. The molecule has 4 heteroatoms. The third-order valence-electron chi connectivity index (χ3n) is 6.63. The van der Waals surface area contributed by atoms with Gasteiger partial charge in [-0.1, -0.05) is 35.7 Å². The first kappa shape index (κ1) is 18.7. The lowest BCUT2D eigenvalue weighted by Crippen LogP contribution is -2.55. The first-order chi connectivity index (χ1) is 11.5. The number of carbonyl (C=O) groups excluding carboxylic acids is 1. The summed E-state index contributed by atoms with van der Waals surface area (Å²) in [5.74, 6) is 1.45. The Morgan fingerprint density at radius 1 is 1.08 bits per heavy atom. The quantitative estimate of drug-likeness (QED) is 0.859. The van der Waals surface area contributed by atoms with Crippen molar-refractivity contribution in [3.8, 4) is 0 Å². The van der Waals surface area contributed by atoms with E-state index in [9.17, 15) is 4.79 Å². The van der Waals surface area contributed by atoms with E-state index in [1.54, 1.807) is 0 Å². The number of rotatable bonds is 3. The lowest BCUT2D eigenvalue weighted by molar-refractivity contribution is -0.126. The molecule has 4 rings (SSSR count). The van der Waals surface area contributed by atoms with Crippen LogP contribution in [0, 0.1) is 25.7 Å². The van der Waals surface area contributed by atoms with Crippen LogP contribution in [-0.4, -0.2) is 18.0 Å². The number of nitrogens with one attached hydrogen (secondary N) is 1. The van der Waals surface area contributed by atoms with Gasteiger partial charge in [-0.2, -0.15) is 0 Å². The third-order valence-corrected chi connectivity index (χ3v) is 6.63. The maximum absolute atomic E-state index is 13.2. The summed E-state index contributed by atoms with van der Waals surface area (Å²) in [5, 5.41) is 3.49. The Labute approximate surface area is 157 Å². The molecule has 2 bridgehead atoms. The van der Waals surface area contributed by atoms with Crippen LogP contribution in [0.15, 0.2) is 18.2 Å². The fraction of sp³-hybridized carbons (Fsp3) is 0.667. The maximum Gasteiger partial charge on any atom is 0.230 e. The molecule has 0 radical (unpaired) electrons. The molecule has 0 saturated heterocycles. The summed E-state index contributed by atoms with van der Waals surface area (Å²) in [4.78, 5) is 13.2. The van der Waals surface area contributed by atoms with Gasteiger partial charge < -0.3 is 11.1 Å². The molecule has 0 aromatic heterocycles. The van der Waals surface area contributed by atoms with E-state index in [1.165, 1.54) is 36.0 Å². The van der Waals surface area contributed by atoms with Crippen LogP contribution < -0.4 is 11.1 Å². The van der Waals surface area contributed by atoms with Crippen molar-refractivity contribution in [3.63, 3.8) is 0 Å². The molecule has 138 valence electrons. The highest BCUT2D eigenvalue weighted by atomic mass is 35.5. The fourth-order valence-electron chi connectivity index (χ4n) is 5.34. The van der Waals surface area contributed by atoms with Gasteiger partial charge in [0.05, 0.1) is 5.41 Å². The second-order valence-electron chi connectivity index (χ2n) is 8.64. The number of hydrogen-bond acceptors (Lipinski definition) is 2. The summed E-state index contributed by atoms with van der Waals surface area (Å²) in [6.07, 6.45) is 7.90. The van der Waals surface area contributed by atoms with Gasteiger partial charge >= 0.3 is 0 Å². The minimum Gasteiger partial charge on any atom is -0.352 e. The van der Waals surface area contributed by atoms with Crippen molar-refractivity contribution in [2.24, 2.45) is 17.6 Å². The molecule has 1 amide bonds. The number of halogens is 1. The molecule has 2 unspecified atom stereocenters. The SMILES string of the molecule is Cc1cc(C)cc(C2(C(=O)NC3C4CCCC3CC(N)C4)CC2)c1.Cl. The average Bonchev–Trinajstić information content (AvgIpc) is 3.29. The van der Waals surface area contributed by atoms with E-state index in [2.05, 4.69) is 37.4 Å². The van der Waals surface area contributed by atoms with Gasteiger partial charge in [0.25, 0.3) is 0 Å². The van der Waals surface area contributed by atoms with Crippen LogP contribution in [0.1, 0.15) is 61.6 Å². The topological polar surface area (TPSA) is 55.1 Å². The van der Waals surface area contributed by atoms with Gasteiger partial charge in [0.2, 0.25) is 5.91 Å². The molecule has 3 aliphatic carbocycles. The lowest BCUT2D eigenvalue weighted by Gasteiger charge is -2.45. The Bertz CT molecular complexity index is 621. The summed E-state index contributed by atoms with van der Waals surface area (Å²) >= 11 is 0. The molecule has 3 fully saturated rings. The predicted octanol–water partition coefficient (Wildman–Crippen LogP) is 3.78. The molecule has 3 aliphatic rings. The highest BCUT2D eigenvalue weighted by Crippen LogP contribution is 2.50. The Hall–Kier alpha value is -1.06. The van der Waals surface area contributed by atoms with Crippen molar-refractivity contribution in [2.75, 3.05) is 0 Å². The molecule has 3 saturated carbocycles.